The molecule has 0 aliphatic carbocycles. The third-order valence-corrected chi connectivity index (χ3v) is 6.98. The van der Waals surface area contributed by atoms with Crippen LogP contribution in [0.5, 0.6) is 5.75 Å². The summed E-state index contributed by atoms with van der Waals surface area (Å²) in [5.74, 6) is 0.0928. The Morgan fingerprint density at radius 1 is 1.10 bits per heavy atom. The van der Waals surface area contributed by atoms with E-state index in [1.165, 1.54) is 23.1 Å². The number of nitrogens with zero attached hydrogens (tertiary/aromatic N) is 3. The minimum atomic E-state index is -4.06. The SMILES string of the molecule is CC(Oc1ccccc1Cl)C(=O)N1CCN(S(=O)(=O)c2ccccc2[N+](=O)[O-])CC1. The highest BCUT2D eigenvalue weighted by Crippen LogP contribution is 2.27. The van der Waals surface area contributed by atoms with Crippen molar-refractivity contribution in [2.45, 2.75) is 17.9 Å². The Labute approximate surface area is 179 Å². The van der Waals surface area contributed by atoms with E-state index in [4.69, 9.17) is 16.3 Å². The molecule has 1 aliphatic rings. The van der Waals surface area contributed by atoms with Crippen molar-refractivity contribution < 1.29 is 22.9 Å². The second-order valence-electron chi connectivity index (χ2n) is 6.64. The number of piperazine rings is 1. The molecule has 0 saturated carbocycles. The van der Waals surface area contributed by atoms with Gasteiger partial charge in [0.15, 0.2) is 11.0 Å². The van der Waals surface area contributed by atoms with E-state index in [0.717, 1.165) is 10.4 Å². The van der Waals surface area contributed by atoms with E-state index < -0.39 is 26.7 Å². The molecule has 1 unspecified atom stereocenters. The summed E-state index contributed by atoms with van der Waals surface area (Å²) in [6.45, 7) is 1.95. The molecule has 0 spiro atoms. The van der Waals surface area contributed by atoms with Crippen LogP contribution < -0.4 is 4.74 Å². The van der Waals surface area contributed by atoms with E-state index in [0.29, 0.717) is 10.8 Å². The Balaban J connectivity index is 1.66. The van der Waals surface area contributed by atoms with Crippen molar-refractivity contribution in [3.05, 3.63) is 63.7 Å². The minimum Gasteiger partial charge on any atom is -0.479 e. The molecule has 1 heterocycles. The molecule has 0 N–H and O–H groups in total. The smallest absolute Gasteiger partial charge is 0.289 e. The number of carbonyl (C=O) groups excluding carboxylic acids is 1. The standard InChI is InChI=1S/C19H20ClN3O6S/c1-14(29-17-8-4-2-6-15(17)20)19(24)21-10-12-22(13-11-21)30(27,28)18-9-5-3-7-16(18)23(25)26/h2-9,14H,10-13H2,1H3. The van der Waals surface area contributed by atoms with Crippen LogP contribution in [0.2, 0.25) is 5.02 Å². The predicted octanol–water partition coefficient (Wildman–Crippen LogP) is 2.55. The Bertz CT molecular complexity index is 1050. The largest absolute Gasteiger partial charge is 0.479 e. The van der Waals surface area contributed by atoms with Gasteiger partial charge in [0.2, 0.25) is 10.0 Å². The quantitative estimate of drug-likeness (QED) is 0.491. The molecule has 30 heavy (non-hydrogen) atoms. The molecular formula is C19H20ClN3O6S. The van der Waals surface area contributed by atoms with Gasteiger partial charge in [0.05, 0.1) is 9.95 Å². The Morgan fingerprint density at radius 2 is 1.70 bits per heavy atom. The number of carbonyl (C=O) groups is 1. The van der Waals surface area contributed by atoms with E-state index in [-0.39, 0.29) is 37.0 Å². The highest BCUT2D eigenvalue weighted by molar-refractivity contribution is 7.89. The highest BCUT2D eigenvalue weighted by Gasteiger charge is 2.35. The molecule has 0 aromatic heterocycles. The number of hydrogen-bond donors (Lipinski definition) is 0. The third kappa shape index (κ3) is 4.55. The number of halogens is 1. The fourth-order valence-corrected chi connectivity index (χ4v) is 4.91. The van der Waals surface area contributed by atoms with Gasteiger partial charge in [-0.05, 0) is 25.1 Å². The second-order valence-corrected chi connectivity index (χ2v) is 8.96. The van der Waals surface area contributed by atoms with Crippen LogP contribution >= 0.6 is 11.6 Å². The molecule has 2 aromatic carbocycles. The van der Waals surface area contributed by atoms with Gasteiger partial charge in [0.25, 0.3) is 11.6 Å². The van der Waals surface area contributed by atoms with Crippen molar-refractivity contribution in [3.63, 3.8) is 0 Å². The van der Waals surface area contributed by atoms with E-state index in [1.54, 1.807) is 31.2 Å². The molecule has 0 bridgehead atoms. The van der Waals surface area contributed by atoms with Gasteiger partial charge in [-0.1, -0.05) is 35.9 Å². The summed E-state index contributed by atoms with van der Waals surface area (Å²) < 4.78 is 32.5. The molecule has 1 fully saturated rings. The summed E-state index contributed by atoms with van der Waals surface area (Å²) in [6.07, 6.45) is -0.803. The number of rotatable bonds is 6. The topological polar surface area (TPSA) is 110 Å². The van der Waals surface area contributed by atoms with Gasteiger partial charge in [0.1, 0.15) is 5.75 Å². The number of ether oxygens (including phenoxy) is 1. The lowest BCUT2D eigenvalue weighted by Gasteiger charge is -2.35. The monoisotopic (exact) mass is 453 g/mol. The third-order valence-electron chi connectivity index (χ3n) is 4.72. The first-order valence-corrected chi connectivity index (χ1v) is 11.0. The van der Waals surface area contributed by atoms with Crippen molar-refractivity contribution in [2.24, 2.45) is 0 Å². The minimum absolute atomic E-state index is 0.0267. The molecule has 1 saturated heterocycles. The molecule has 0 radical (unpaired) electrons. The summed E-state index contributed by atoms with van der Waals surface area (Å²) in [5, 5.41) is 11.6. The van der Waals surface area contributed by atoms with Gasteiger partial charge in [-0.25, -0.2) is 8.42 Å². The van der Waals surface area contributed by atoms with Crippen LogP contribution in [0.15, 0.2) is 53.4 Å². The highest BCUT2D eigenvalue weighted by atomic mass is 35.5. The van der Waals surface area contributed by atoms with Crippen molar-refractivity contribution in [3.8, 4) is 5.75 Å². The lowest BCUT2D eigenvalue weighted by atomic mass is 10.2. The van der Waals surface area contributed by atoms with Gasteiger partial charge >= 0.3 is 0 Å². The van der Waals surface area contributed by atoms with Gasteiger partial charge in [-0.2, -0.15) is 4.31 Å². The van der Waals surface area contributed by atoms with Crippen LogP contribution in [0.3, 0.4) is 0 Å². The zero-order chi connectivity index (χ0) is 21.9. The normalized spacial score (nSPS) is 16.1. The van der Waals surface area contributed by atoms with E-state index >= 15 is 0 Å². The summed E-state index contributed by atoms with van der Waals surface area (Å²) in [6, 6.07) is 12.0. The Hall–Kier alpha value is -2.69. The van der Waals surface area contributed by atoms with Crippen molar-refractivity contribution in [2.75, 3.05) is 26.2 Å². The van der Waals surface area contributed by atoms with Gasteiger partial charge < -0.3 is 9.64 Å². The Kier molecular flexibility index (Phi) is 6.59. The predicted molar refractivity (Wildman–Crippen MR) is 110 cm³/mol. The maximum atomic E-state index is 12.9. The van der Waals surface area contributed by atoms with Crippen molar-refractivity contribution in [1.29, 1.82) is 0 Å². The summed E-state index contributed by atoms with van der Waals surface area (Å²) in [4.78, 5) is 24.3. The zero-order valence-corrected chi connectivity index (χ0v) is 17.7. The number of benzene rings is 2. The van der Waals surface area contributed by atoms with Gasteiger partial charge in [-0.3, -0.25) is 14.9 Å². The van der Waals surface area contributed by atoms with Crippen LogP contribution in [0.25, 0.3) is 0 Å². The first-order chi connectivity index (χ1) is 14.2. The molecule has 9 nitrogen and oxygen atoms in total. The molecule has 1 amide bonds. The molecule has 1 aliphatic heterocycles. The fourth-order valence-electron chi connectivity index (χ4n) is 3.15. The molecule has 160 valence electrons. The molecular weight excluding hydrogens is 434 g/mol. The number of sulfonamides is 1. The molecule has 2 aromatic rings. The lowest BCUT2D eigenvalue weighted by molar-refractivity contribution is -0.387. The maximum absolute atomic E-state index is 12.9. The van der Waals surface area contributed by atoms with Crippen molar-refractivity contribution >= 4 is 33.2 Å². The van der Waals surface area contributed by atoms with Gasteiger partial charge in [-0.15, -0.1) is 0 Å². The number of para-hydroxylation sites is 2. The van der Waals surface area contributed by atoms with Crippen LogP contribution in [0.1, 0.15) is 6.92 Å². The van der Waals surface area contributed by atoms with Crippen LogP contribution in [-0.2, 0) is 14.8 Å². The average Bonchev–Trinajstić information content (AvgIpc) is 2.74. The molecule has 1 atom stereocenters. The van der Waals surface area contributed by atoms with Crippen LogP contribution in [-0.4, -0.2) is 60.7 Å². The summed E-state index contributed by atoms with van der Waals surface area (Å²) >= 11 is 6.05. The fraction of sp³-hybridized carbons (Fsp3) is 0.316. The van der Waals surface area contributed by atoms with Crippen LogP contribution in [0.4, 0.5) is 5.69 Å². The first-order valence-electron chi connectivity index (χ1n) is 9.15. The Morgan fingerprint density at radius 3 is 2.33 bits per heavy atom. The zero-order valence-electron chi connectivity index (χ0n) is 16.1. The molecule has 3 rings (SSSR count). The first kappa shape index (κ1) is 22.0. The van der Waals surface area contributed by atoms with E-state index in [9.17, 15) is 23.3 Å². The number of hydrogen-bond acceptors (Lipinski definition) is 6. The second kappa shape index (κ2) is 8.99. The number of nitro groups is 1. The average molecular weight is 454 g/mol. The van der Waals surface area contributed by atoms with Gasteiger partial charge in [0, 0.05) is 32.2 Å². The van der Waals surface area contributed by atoms with E-state index in [2.05, 4.69) is 0 Å². The summed E-state index contributed by atoms with van der Waals surface area (Å²) in [7, 11) is -4.06. The lowest BCUT2D eigenvalue weighted by Crippen LogP contribution is -2.53. The van der Waals surface area contributed by atoms with Crippen molar-refractivity contribution in [1.82, 2.24) is 9.21 Å². The van der Waals surface area contributed by atoms with Crippen LogP contribution in [0, 0.1) is 10.1 Å². The van der Waals surface area contributed by atoms with E-state index in [1.807, 2.05) is 0 Å². The number of nitro benzene ring substituents is 1. The number of amides is 1. The maximum Gasteiger partial charge on any atom is 0.289 e. The summed E-state index contributed by atoms with van der Waals surface area (Å²) in [5.41, 5.74) is -0.474. The molecule has 11 heteroatoms.